The van der Waals surface area contributed by atoms with Gasteiger partial charge in [0.2, 0.25) is 0 Å². The molecule has 2 heterocycles. The van der Waals surface area contributed by atoms with E-state index in [2.05, 4.69) is 22.0 Å². The van der Waals surface area contributed by atoms with Crippen LogP contribution in [0.4, 0.5) is 0 Å². The van der Waals surface area contributed by atoms with Gasteiger partial charge in [-0.2, -0.15) is 0 Å². The maximum absolute atomic E-state index is 14.1. The molecule has 0 amide bonds. The zero-order valence-corrected chi connectivity index (χ0v) is 26.0. The third kappa shape index (κ3) is 6.57. The molecule has 1 aliphatic rings. The molecule has 0 saturated carbocycles. The number of halogens is 2. The lowest BCUT2D eigenvalue weighted by molar-refractivity contribution is -0.115. The Labute approximate surface area is 260 Å². The highest BCUT2D eigenvalue weighted by Crippen LogP contribution is 2.41. The van der Waals surface area contributed by atoms with Crippen LogP contribution in [0.25, 0.3) is 0 Å². The molecule has 4 aromatic rings. The van der Waals surface area contributed by atoms with E-state index in [4.69, 9.17) is 28.2 Å². The summed E-state index contributed by atoms with van der Waals surface area (Å²) in [7, 11) is 0. The molecule has 0 fully saturated rings. The van der Waals surface area contributed by atoms with Crippen molar-refractivity contribution in [2.24, 2.45) is 0 Å². The number of carbonyl (C=O) groups is 2. The van der Waals surface area contributed by atoms with Crippen molar-refractivity contribution < 1.29 is 9.59 Å². The van der Waals surface area contributed by atoms with Crippen molar-refractivity contribution >= 4 is 46.5 Å². The number of rotatable bonds is 10. The summed E-state index contributed by atoms with van der Waals surface area (Å²) < 4.78 is 2.13. The summed E-state index contributed by atoms with van der Waals surface area (Å²) in [6, 6.07) is 24.7. The second-order valence-electron chi connectivity index (χ2n) is 10.3. The number of hydrogen-bond donors (Lipinski definition) is 1. The van der Waals surface area contributed by atoms with Crippen molar-refractivity contribution in [1.29, 1.82) is 0 Å². The Morgan fingerprint density at radius 1 is 0.786 bits per heavy atom. The zero-order valence-electron chi connectivity index (χ0n) is 23.7. The number of dihydropyridines is 1. The second kappa shape index (κ2) is 13.2. The minimum Gasteiger partial charge on any atom is -0.362 e. The molecular weight excluding hydrogens is 585 g/mol. The minimum atomic E-state index is -0.594. The van der Waals surface area contributed by atoms with Crippen LogP contribution < -0.4 is 5.32 Å². The number of imidazole rings is 1. The van der Waals surface area contributed by atoms with Gasteiger partial charge in [0, 0.05) is 52.0 Å². The highest BCUT2D eigenvalue weighted by molar-refractivity contribution is 7.98. The van der Waals surface area contributed by atoms with E-state index < -0.39 is 5.92 Å². The van der Waals surface area contributed by atoms with Crippen LogP contribution in [0.3, 0.4) is 0 Å². The van der Waals surface area contributed by atoms with Gasteiger partial charge in [0.25, 0.3) is 0 Å². The highest BCUT2D eigenvalue weighted by Gasteiger charge is 2.38. The fourth-order valence-corrected chi connectivity index (χ4v) is 6.28. The molecule has 0 bridgehead atoms. The fourth-order valence-electron chi connectivity index (χ4n) is 5.48. The van der Waals surface area contributed by atoms with Crippen LogP contribution in [-0.2, 0) is 29.0 Å². The number of allylic oxidation sites excluding steroid dienone is 4. The molecule has 0 saturated heterocycles. The quantitative estimate of drug-likeness (QED) is 0.184. The summed E-state index contributed by atoms with van der Waals surface area (Å²) in [6.07, 6.45) is 4.16. The molecule has 1 aromatic heterocycles. The first kappa shape index (κ1) is 29.9. The Bertz CT molecular complexity index is 1590. The first-order valence-electron chi connectivity index (χ1n) is 13.6. The third-order valence-corrected chi connectivity index (χ3v) is 8.62. The van der Waals surface area contributed by atoms with Gasteiger partial charge in [-0.1, -0.05) is 89.6 Å². The number of benzene rings is 3. The monoisotopic (exact) mass is 615 g/mol. The standard InChI is InChI=1S/C34H31Cl2N3O2S/c1-21-31(29(40)17-23-9-13-26(35)14-10-23)33(28-19-37-34(42-3)39(28)20-25-7-5-4-6-8-25)32(22(2)38-21)30(41)18-24-11-15-27(36)16-12-24/h4-16,19,33,38H,17-18,20H2,1-3H3. The van der Waals surface area contributed by atoms with E-state index in [1.165, 1.54) is 11.8 Å². The van der Waals surface area contributed by atoms with Crippen molar-refractivity contribution in [3.8, 4) is 0 Å². The number of carbonyl (C=O) groups excluding carboxylic acids is 2. The van der Waals surface area contributed by atoms with Gasteiger partial charge in [0.05, 0.1) is 17.8 Å². The van der Waals surface area contributed by atoms with Gasteiger partial charge in [0.15, 0.2) is 16.7 Å². The molecule has 0 unspecified atom stereocenters. The van der Waals surface area contributed by atoms with Crippen molar-refractivity contribution in [2.75, 3.05) is 6.26 Å². The van der Waals surface area contributed by atoms with E-state index in [0.29, 0.717) is 27.7 Å². The van der Waals surface area contributed by atoms with E-state index in [1.807, 2.05) is 68.8 Å². The zero-order chi connectivity index (χ0) is 29.8. The SMILES string of the molecule is CSc1ncc(C2C(C(=O)Cc3ccc(Cl)cc3)=C(C)NC(C)=C2C(=O)Cc2ccc(Cl)cc2)n1Cc1ccccc1. The molecule has 0 spiro atoms. The maximum Gasteiger partial charge on any atom is 0.168 e. The largest absolute Gasteiger partial charge is 0.362 e. The normalized spacial score (nSPS) is 13.8. The summed E-state index contributed by atoms with van der Waals surface area (Å²) in [6.45, 7) is 4.37. The Morgan fingerprint density at radius 2 is 1.29 bits per heavy atom. The first-order valence-corrected chi connectivity index (χ1v) is 15.6. The van der Waals surface area contributed by atoms with Crippen LogP contribution in [0.2, 0.25) is 10.0 Å². The lowest BCUT2D eigenvalue weighted by Crippen LogP contribution is -2.33. The maximum atomic E-state index is 14.1. The van der Waals surface area contributed by atoms with Crippen molar-refractivity contribution in [3.63, 3.8) is 0 Å². The van der Waals surface area contributed by atoms with Crippen LogP contribution in [0.15, 0.2) is 113 Å². The average molecular weight is 617 g/mol. The van der Waals surface area contributed by atoms with Crippen molar-refractivity contribution in [2.45, 2.75) is 44.3 Å². The number of nitrogens with one attached hydrogen (secondary N) is 1. The molecule has 5 rings (SSSR count). The predicted molar refractivity (Wildman–Crippen MR) is 171 cm³/mol. The van der Waals surface area contributed by atoms with Crippen molar-refractivity contribution in [3.05, 3.63) is 140 Å². The smallest absolute Gasteiger partial charge is 0.168 e. The second-order valence-corrected chi connectivity index (χ2v) is 12.0. The lowest BCUT2D eigenvalue weighted by atomic mass is 9.77. The molecule has 1 N–H and O–H groups in total. The van der Waals surface area contributed by atoms with Crippen LogP contribution >= 0.6 is 35.0 Å². The van der Waals surface area contributed by atoms with E-state index in [0.717, 1.165) is 38.9 Å². The Hall–Kier alpha value is -3.58. The molecule has 3 aromatic carbocycles. The fraction of sp³-hybridized carbons (Fsp3) is 0.206. The predicted octanol–water partition coefficient (Wildman–Crippen LogP) is 7.82. The van der Waals surface area contributed by atoms with Gasteiger partial charge in [-0.3, -0.25) is 9.59 Å². The van der Waals surface area contributed by atoms with E-state index in [-0.39, 0.29) is 24.4 Å². The van der Waals surface area contributed by atoms with Gasteiger partial charge in [0.1, 0.15) is 0 Å². The number of hydrogen-bond acceptors (Lipinski definition) is 5. The lowest BCUT2D eigenvalue weighted by Gasteiger charge is -2.32. The molecule has 42 heavy (non-hydrogen) atoms. The number of thioether (sulfide) groups is 1. The summed E-state index contributed by atoms with van der Waals surface area (Å²) in [5, 5.41) is 5.40. The van der Waals surface area contributed by atoms with Gasteiger partial charge >= 0.3 is 0 Å². The van der Waals surface area contributed by atoms with Crippen LogP contribution in [0, 0.1) is 0 Å². The molecule has 8 heteroatoms. The molecule has 0 atom stereocenters. The molecule has 5 nitrogen and oxygen atoms in total. The topological polar surface area (TPSA) is 64.0 Å². The molecule has 1 aliphatic heterocycles. The van der Waals surface area contributed by atoms with Crippen LogP contribution in [0.5, 0.6) is 0 Å². The molecule has 0 radical (unpaired) electrons. The van der Waals surface area contributed by atoms with Gasteiger partial charge in [-0.25, -0.2) is 4.98 Å². The van der Waals surface area contributed by atoms with Crippen LogP contribution in [0.1, 0.15) is 42.1 Å². The van der Waals surface area contributed by atoms with Gasteiger partial charge in [-0.15, -0.1) is 0 Å². The van der Waals surface area contributed by atoms with E-state index in [1.54, 1.807) is 24.3 Å². The van der Waals surface area contributed by atoms with Gasteiger partial charge < -0.3 is 9.88 Å². The Morgan fingerprint density at radius 3 is 1.76 bits per heavy atom. The number of Topliss-reactive ketones (excluding diaryl/α,β-unsaturated/α-hetero) is 2. The third-order valence-electron chi connectivity index (χ3n) is 7.43. The van der Waals surface area contributed by atoms with Crippen molar-refractivity contribution in [1.82, 2.24) is 14.9 Å². The summed E-state index contributed by atoms with van der Waals surface area (Å²) in [5.41, 5.74) is 6.22. The average Bonchev–Trinajstić information content (AvgIpc) is 3.37. The van der Waals surface area contributed by atoms with Crippen LogP contribution in [-0.4, -0.2) is 27.4 Å². The summed E-state index contributed by atoms with van der Waals surface area (Å²) in [4.78, 5) is 33.0. The minimum absolute atomic E-state index is 0.0604. The Balaban J connectivity index is 1.62. The summed E-state index contributed by atoms with van der Waals surface area (Å²) >= 11 is 13.7. The van der Waals surface area contributed by atoms with E-state index in [9.17, 15) is 9.59 Å². The van der Waals surface area contributed by atoms with E-state index >= 15 is 0 Å². The molecular formula is C34H31Cl2N3O2S. The number of aromatic nitrogens is 2. The number of nitrogens with zero attached hydrogens (tertiary/aromatic N) is 2. The Kier molecular flexibility index (Phi) is 9.37. The summed E-state index contributed by atoms with van der Waals surface area (Å²) in [5.74, 6) is -0.715. The molecule has 214 valence electrons. The first-order chi connectivity index (χ1) is 20.2. The highest BCUT2D eigenvalue weighted by atomic mass is 35.5. The van der Waals surface area contributed by atoms with Gasteiger partial charge in [-0.05, 0) is 61.1 Å². The molecule has 0 aliphatic carbocycles. The number of ketones is 2.